The van der Waals surface area contributed by atoms with Crippen molar-refractivity contribution in [2.45, 2.75) is 13.8 Å². The Morgan fingerprint density at radius 2 is 1.72 bits per heavy atom. The monoisotopic (exact) mass is 393 g/mol. The average molecular weight is 393 g/mol. The molecule has 8 nitrogen and oxygen atoms in total. The van der Waals surface area contributed by atoms with Crippen molar-refractivity contribution in [2.24, 2.45) is 0 Å². The lowest BCUT2D eigenvalue weighted by molar-refractivity contribution is -0.385. The fourth-order valence-corrected chi connectivity index (χ4v) is 2.92. The Morgan fingerprint density at radius 3 is 2.41 bits per heavy atom. The van der Waals surface area contributed by atoms with E-state index in [4.69, 9.17) is 4.74 Å². The number of ether oxygens (including phenoxy) is 1. The van der Waals surface area contributed by atoms with Crippen molar-refractivity contribution in [3.8, 4) is 5.75 Å². The number of nitrogens with one attached hydrogen (secondary N) is 1. The summed E-state index contributed by atoms with van der Waals surface area (Å²) < 4.78 is 6.92. The van der Waals surface area contributed by atoms with Crippen LogP contribution in [0, 0.1) is 24.0 Å². The lowest BCUT2D eigenvalue weighted by Gasteiger charge is -2.12. The van der Waals surface area contributed by atoms with Gasteiger partial charge < -0.3 is 4.74 Å². The van der Waals surface area contributed by atoms with Crippen LogP contribution in [0.1, 0.15) is 32.1 Å². The molecule has 0 saturated heterocycles. The molecule has 8 heteroatoms. The predicted molar refractivity (Wildman–Crippen MR) is 107 cm³/mol. The molecule has 0 saturated carbocycles. The fourth-order valence-electron chi connectivity index (χ4n) is 2.92. The molecule has 0 unspecified atom stereocenters. The number of amides is 1. The summed E-state index contributed by atoms with van der Waals surface area (Å²) in [5.41, 5.74) is 4.63. The Hall–Kier alpha value is -3.94. The van der Waals surface area contributed by atoms with E-state index in [0.29, 0.717) is 22.5 Å². The number of nitro benzene ring substituents is 1. The molecule has 29 heavy (non-hydrogen) atoms. The highest BCUT2D eigenvalue weighted by Crippen LogP contribution is 2.26. The zero-order valence-electron chi connectivity index (χ0n) is 15.9. The predicted octanol–water partition coefficient (Wildman–Crippen LogP) is 3.66. The summed E-state index contributed by atoms with van der Waals surface area (Å²) in [7, 11) is 0. The third-order valence-electron chi connectivity index (χ3n) is 4.40. The third-order valence-corrected chi connectivity index (χ3v) is 4.40. The molecule has 0 radical (unpaired) electrons. The van der Waals surface area contributed by atoms with Crippen molar-refractivity contribution in [3.63, 3.8) is 0 Å². The van der Waals surface area contributed by atoms with Crippen LogP contribution in [-0.4, -0.2) is 27.9 Å². The van der Waals surface area contributed by atoms with E-state index in [1.165, 1.54) is 22.9 Å². The largest absolute Gasteiger partial charge is 0.478 e. The van der Waals surface area contributed by atoms with Crippen molar-refractivity contribution in [1.29, 1.82) is 0 Å². The molecule has 0 bridgehead atoms. The van der Waals surface area contributed by atoms with Crippen molar-refractivity contribution in [3.05, 3.63) is 93.3 Å². The summed E-state index contributed by atoms with van der Waals surface area (Å²) in [6, 6.07) is 16.2. The van der Waals surface area contributed by atoms with E-state index in [-0.39, 0.29) is 29.7 Å². The number of para-hydroxylation sites is 2. The average Bonchev–Trinajstić information content (AvgIpc) is 3.01. The van der Waals surface area contributed by atoms with Crippen molar-refractivity contribution in [1.82, 2.24) is 4.68 Å². The standard InChI is InChI=1S/C21H19N3O5/c1-14-12-17(15(2)23(14)22-21(26)16-8-4-3-5-9-16)19(25)13-29-20-11-7-6-10-18(20)24(27)28/h3-12H,13H2,1-2H3,(H,22,26). The number of benzene rings is 2. The molecule has 1 aromatic heterocycles. The second-order valence-electron chi connectivity index (χ2n) is 6.36. The van der Waals surface area contributed by atoms with E-state index in [2.05, 4.69) is 5.43 Å². The molecule has 0 atom stereocenters. The highest BCUT2D eigenvalue weighted by atomic mass is 16.6. The number of rotatable bonds is 7. The van der Waals surface area contributed by atoms with Gasteiger partial charge in [0.05, 0.1) is 4.92 Å². The number of carbonyl (C=O) groups excluding carboxylic acids is 2. The van der Waals surface area contributed by atoms with E-state index in [0.717, 1.165) is 0 Å². The van der Waals surface area contributed by atoms with Crippen molar-refractivity contribution < 1.29 is 19.2 Å². The lowest BCUT2D eigenvalue weighted by Crippen LogP contribution is -2.25. The Balaban J connectivity index is 1.75. The van der Waals surface area contributed by atoms with Gasteiger partial charge in [-0.2, -0.15) is 0 Å². The van der Waals surface area contributed by atoms with E-state index >= 15 is 0 Å². The summed E-state index contributed by atoms with van der Waals surface area (Å²) >= 11 is 0. The topological polar surface area (TPSA) is 103 Å². The number of nitro groups is 1. The van der Waals surface area contributed by atoms with Crippen LogP contribution in [0.3, 0.4) is 0 Å². The molecule has 2 aromatic carbocycles. The van der Waals surface area contributed by atoms with Gasteiger partial charge in [0.25, 0.3) is 5.91 Å². The van der Waals surface area contributed by atoms with Crippen LogP contribution >= 0.6 is 0 Å². The van der Waals surface area contributed by atoms with Gasteiger partial charge in [0, 0.05) is 28.6 Å². The Kier molecular flexibility index (Phi) is 5.73. The first kappa shape index (κ1) is 19.8. The molecule has 1 amide bonds. The maximum absolute atomic E-state index is 12.6. The zero-order chi connectivity index (χ0) is 21.0. The van der Waals surface area contributed by atoms with E-state index in [1.807, 2.05) is 6.07 Å². The molecule has 0 fully saturated rings. The van der Waals surface area contributed by atoms with Gasteiger partial charge in [-0.3, -0.25) is 29.8 Å². The first-order chi connectivity index (χ1) is 13.9. The summed E-state index contributed by atoms with van der Waals surface area (Å²) in [4.78, 5) is 35.5. The van der Waals surface area contributed by atoms with Gasteiger partial charge >= 0.3 is 5.69 Å². The second kappa shape index (κ2) is 8.39. The molecular weight excluding hydrogens is 374 g/mol. The minimum absolute atomic E-state index is 0.0250. The Bertz CT molecular complexity index is 1070. The molecular formula is C21H19N3O5. The van der Waals surface area contributed by atoms with Gasteiger partial charge in [0.2, 0.25) is 5.78 Å². The van der Waals surface area contributed by atoms with Crippen LogP contribution < -0.4 is 10.2 Å². The van der Waals surface area contributed by atoms with Gasteiger partial charge in [0.15, 0.2) is 12.4 Å². The van der Waals surface area contributed by atoms with Crippen molar-refractivity contribution >= 4 is 17.4 Å². The number of aryl methyl sites for hydroxylation is 1. The van der Waals surface area contributed by atoms with Crippen LogP contribution in [0.4, 0.5) is 5.69 Å². The van der Waals surface area contributed by atoms with Crippen LogP contribution in [0.2, 0.25) is 0 Å². The third kappa shape index (κ3) is 4.32. The molecule has 0 aliphatic carbocycles. The number of hydrogen-bond donors (Lipinski definition) is 1. The van der Waals surface area contributed by atoms with Gasteiger partial charge in [0.1, 0.15) is 0 Å². The molecule has 3 aromatic rings. The van der Waals surface area contributed by atoms with Gasteiger partial charge in [-0.25, -0.2) is 0 Å². The zero-order valence-corrected chi connectivity index (χ0v) is 15.9. The number of carbonyl (C=O) groups is 2. The molecule has 0 spiro atoms. The van der Waals surface area contributed by atoms with Gasteiger partial charge in [-0.05, 0) is 38.1 Å². The SMILES string of the molecule is Cc1cc(C(=O)COc2ccccc2[N+](=O)[O-])c(C)n1NC(=O)c1ccccc1. The van der Waals surface area contributed by atoms with E-state index < -0.39 is 4.92 Å². The summed E-state index contributed by atoms with van der Waals surface area (Å²) in [5.74, 6) is -0.629. The van der Waals surface area contributed by atoms with Crippen LogP contribution in [0.5, 0.6) is 5.75 Å². The highest BCUT2D eigenvalue weighted by Gasteiger charge is 2.20. The van der Waals surface area contributed by atoms with E-state index in [9.17, 15) is 19.7 Å². The van der Waals surface area contributed by atoms with Gasteiger partial charge in [-0.15, -0.1) is 0 Å². The summed E-state index contributed by atoms with van der Waals surface area (Å²) in [5, 5.41) is 11.1. The number of hydrogen-bond acceptors (Lipinski definition) is 5. The number of ketones is 1. The number of nitrogens with zero attached hydrogens (tertiary/aromatic N) is 2. The highest BCUT2D eigenvalue weighted by molar-refractivity contribution is 6.01. The second-order valence-corrected chi connectivity index (χ2v) is 6.36. The normalized spacial score (nSPS) is 10.4. The summed E-state index contributed by atoms with van der Waals surface area (Å²) in [6.45, 7) is 3.11. The minimum Gasteiger partial charge on any atom is -0.478 e. The van der Waals surface area contributed by atoms with Crippen molar-refractivity contribution in [2.75, 3.05) is 12.0 Å². The first-order valence-electron chi connectivity index (χ1n) is 8.83. The van der Waals surface area contributed by atoms with Crippen LogP contribution in [0.25, 0.3) is 0 Å². The quantitative estimate of drug-likeness (QED) is 0.375. The van der Waals surface area contributed by atoms with Crippen LogP contribution in [-0.2, 0) is 0 Å². The number of aromatic nitrogens is 1. The molecule has 1 N–H and O–H groups in total. The fraction of sp³-hybridized carbons (Fsp3) is 0.143. The first-order valence-corrected chi connectivity index (χ1v) is 8.83. The molecule has 0 aliphatic heterocycles. The Morgan fingerprint density at radius 1 is 1.07 bits per heavy atom. The smallest absolute Gasteiger partial charge is 0.310 e. The van der Waals surface area contributed by atoms with Crippen LogP contribution in [0.15, 0.2) is 60.7 Å². The Labute approximate surface area is 166 Å². The van der Waals surface area contributed by atoms with E-state index in [1.54, 1.807) is 50.2 Å². The maximum atomic E-state index is 12.6. The molecule has 148 valence electrons. The number of Topliss-reactive ketones (excluding diaryl/α,β-unsaturated/α-hetero) is 1. The lowest BCUT2D eigenvalue weighted by atomic mass is 10.1. The molecule has 1 heterocycles. The molecule has 3 rings (SSSR count). The maximum Gasteiger partial charge on any atom is 0.310 e. The summed E-state index contributed by atoms with van der Waals surface area (Å²) in [6.07, 6.45) is 0. The minimum atomic E-state index is -0.565. The van der Waals surface area contributed by atoms with Gasteiger partial charge in [-0.1, -0.05) is 30.3 Å². The molecule has 0 aliphatic rings.